The van der Waals surface area contributed by atoms with Crippen LogP contribution in [0, 0.1) is 0 Å². The highest BCUT2D eigenvalue weighted by atomic mass is 31.2. The summed E-state index contributed by atoms with van der Waals surface area (Å²) in [5, 5.41) is 0. The molecule has 0 saturated heterocycles. The van der Waals surface area contributed by atoms with Crippen LogP contribution in [0.15, 0.2) is 12.2 Å². The molecule has 0 aliphatic heterocycles. The lowest BCUT2D eigenvalue weighted by Gasteiger charge is -2.20. The first-order valence-corrected chi connectivity index (χ1v) is 19.2. The monoisotopic (exact) mass is 633 g/mol. The number of hydrogen-bond acceptors (Lipinski definition) is 7. The molecule has 0 bridgehead atoms. The highest BCUT2D eigenvalue weighted by Crippen LogP contribution is 2.43. The first-order valence-electron chi connectivity index (χ1n) is 17.7. The summed E-state index contributed by atoms with van der Waals surface area (Å²) in [6.07, 6.45) is 31.4. The molecule has 0 aromatic carbocycles. The molecule has 0 aliphatic rings. The summed E-state index contributed by atoms with van der Waals surface area (Å²) in [5.74, 6) is -0.348. The Hall–Kier alpha value is -0.760. The minimum atomic E-state index is -4.25. The molecule has 9 heteroatoms. The van der Waals surface area contributed by atoms with Crippen LogP contribution < -0.4 is 5.73 Å². The first kappa shape index (κ1) is 42.2. The Labute approximate surface area is 264 Å². The molecule has 0 saturated carbocycles. The van der Waals surface area contributed by atoms with Crippen molar-refractivity contribution >= 4 is 13.8 Å². The van der Waals surface area contributed by atoms with Crippen molar-refractivity contribution in [3.63, 3.8) is 0 Å². The van der Waals surface area contributed by atoms with Crippen LogP contribution in [0.25, 0.3) is 0 Å². The van der Waals surface area contributed by atoms with E-state index in [-0.39, 0.29) is 32.3 Å². The van der Waals surface area contributed by atoms with Crippen LogP contribution in [0.1, 0.15) is 162 Å². The molecule has 2 unspecified atom stereocenters. The van der Waals surface area contributed by atoms with Crippen LogP contribution in [-0.4, -0.2) is 49.9 Å². The van der Waals surface area contributed by atoms with Crippen LogP contribution in [0.4, 0.5) is 0 Å². The van der Waals surface area contributed by atoms with E-state index in [2.05, 4.69) is 26.0 Å². The highest BCUT2D eigenvalue weighted by Gasteiger charge is 2.25. The molecular weight excluding hydrogens is 565 g/mol. The molecule has 0 radical (unpaired) electrons. The molecule has 0 aromatic heterocycles. The number of carbonyl (C=O) groups is 1. The summed E-state index contributed by atoms with van der Waals surface area (Å²) >= 11 is 0. The smallest absolute Gasteiger partial charge is 0.457 e. The lowest BCUT2D eigenvalue weighted by molar-refractivity contribution is -0.154. The average molecular weight is 634 g/mol. The van der Waals surface area contributed by atoms with E-state index in [1.807, 2.05) is 0 Å². The van der Waals surface area contributed by atoms with Gasteiger partial charge in [-0.15, -0.1) is 0 Å². The third-order valence-corrected chi connectivity index (χ3v) is 8.42. The maximum Gasteiger partial charge on any atom is 0.472 e. The van der Waals surface area contributed by atoms with Gasteiger partial charge in [-0.2, -0.15) is 0 Å². The Morgan fingerprint density at radius 3 is 1.70 bits per heavy atom. The SMILES string of the molecule is CCCCCCCC/C=C\CCCCCCCCCCCCOCC(COP(=O)(O)OCCN)OC(=O)CCCCCC. The second kappa shape index (κ2) is 32.6. The molecule has 0 aromatic rings. The van der Waals surface area contributed by atoms with Crippen LogP contribution in [0.3, 0.4) is 0 Å². The Morgan fingerprint density at radius 2 is 1.16 bits per heavy atom. The molecule has 0 spiro atoms. The quantitative estimate of drug-likeness (QED) is 0.0311. The zero-order valence-electron chi connectivity index (χ0n) is 28.0. The van der Waals surface area contributed by atoms with Crippen molar-refractivity contribution in [3.05, 3.63) is 12.2 Å². The maximum atomic E-state index is 12.2. The first-order chi connectivity index (χ1) is 20.9. The lowest BCUT2D eigenvalue weighted by atomic mass is 10.1. The van der Waals surface area contributed by atoms with Gasteiger partial charge in [0, 0.05) is 19.6 Å². The zero-order valence-corrected chi connectivity index (χ0v) is 28.8. The number of hydrogen-bond donors (Lipinski definition) is 2. The Bertz CT molecular complexity index is 677. The molecule has 3 N–H and O–H groups in total. The molecule has 0 rings (SSSR count). The largest absolute Gasteiger partial charge is 0.472 e. The second-order valence-electron chi connectivity index (χ2n) is 11.7. The summed E-state index contributed by atoms with van der Waals surface area (Å²) in [6, 6.07) is 0. The van der Waals surface area contributed by atoms with E-state index in [4.69, 9.17) is 24.3 Å². The van der Waals surface area contributed by atoms with Crippen LogP contribution in [0.2, 0.25) is 0 Å². The topological polar surface area (TPSA) is 117 Å². The maximum absolute atomic E-state index is 12.2. The minimum Gasteiger partial charge on any atom is -0.457 e. The van der Waals surface area contributed by atoms with Crippen molar-refractivity contribution in [2.75, 3.05) is 33.0 Å². The van der Waals surface area contributed by atoms with Gasteiger partial charge in [0.1, 0.15) is 6.10 Å². The summed E-state index contributed by atoms with van der Waals surface area (Å²) in [7, 11) is -4.25. The number of rotatable bonds is 34. The average Bonchev–Trinajstić information content (AvgIpc) is 2.99. The zero-order chi connectivity index (χ0) is 31.7. The van der Waals surface area contributed by atoms with E-state index in [1.54, 1.807) is 0 Å². The lowest BCUT2D eigenvalue weighted by Crippen LogP contribution is -2.28. The van der Waals surface area contributed by atoms with Gasteiger partial charge in [-0.3, -0.25) is 13.8 Å². The van der Waals surface area contributed by atoms with E-state index in [0.717, 1.165) is 38.5 Å². The summed E-state index contributed by atoms with van der Waals surface area (Å²) < 4.78 is 32.9. The fraction of sp³-hybridized carbons (Fsp3) is 0.912. The van der Waals surface area contributed by atoms with Crippen LogP contribution in [0.5, 0.6) is 0 Å². The van der Waals surface area contributed by atoms with E-state index in [1.165, 1.54) is 103 Å². The standard InChI is InChI=1S/C34H68NO7P/c1-3-5-7-9-10-11-12-13-14-15-16-17-18-19-20-21-22-23-24-26-29-39-31-33(32-41-43(37,38)40-30-28-35)42-34(36)27-25-8-6-4-2/h13-14,33H,3-12,15-32,35H2,1-2H3,(H,37,38)/b14-13-. The van der Waals surface area contributed by atoms with Crippen molar-refractivity contribution in [1.82, 2.24) is 0 Å². The van der Waals surface area contributed by atoms with Gasteiger partial charge in [-0.25, -0.2) is 4.57 Å². The number of phosphoric acid groups is 1. The van der Waals surface area contributed by atoms with Crippen LogP contribution >= 0.6 is 7.82 Å². The molecule has 43 heavy (non-hydrogen) atoms. The fourth-order valence-electron chi connectivity index (χ4n) is 4.81. The van der Waals surface area contributed by atoms with Gasteiger partial charge in [-0.05, 0) is 38.5 Å². The number of ether oxygens (including phenoxy) is 2. The third-order valence-electron chi connectivity index (χ3n) is 7.43. The molecule has 0 fully saturated rings. The predicted molar refractivity (Wildman–Crippen MR) is 178 cm³/mol. The van der Waals surface area contributed by atoms with E-state index >= 15 is 0 Å². The number of carbonyl (C=O) groups excluding carboxylic acids is 1. The van der Waals surface area contributed by atoms with E-state index in [9.17, 15) is 14.3 Å². The molecule has 2 atom stereocenters. The second-order valence-corrected chi connectivity index (χ2v) is 13.2. The predicted octanol–water partition coefficient (Wildman–Crippen LogP) is 9.58. The third kappa shape index (κ3) is 32.4. The van der Waals surface area contributed by atoms with Crippen molar-refractivity contribution in [2.45, 2.75) is 168 Å². The number of nitrogens with two attached hydrogens (primary N) is 1. The Balaban J connectivity index is 3.82. The number of unbranched alkanes of at least 4 members (excludes halogenated alkanes) is 19. The summed E-state index contributed by atoms with van der Waals surface area (Å²) in [5.41, 5.74) is 5.31. The van der Waals surface area contributed by atoms with Gasteiger partial charge in [0.05, 0.1) is 19.8 Å². The van der Waals surface area contributed by atoms with Gasteiger partial charge < -0.3 is 20.1 Å². The Kier molecular flexibility index (Phi) is 32.1. The molecule has 0 aliphatic carbocycles. The van der Waals surface area contributed by atoms with E-state index in [0.29, 0.717) is 13.0 Å². The van der Waals surface area contributed by atoms with Gasteiger partial charge >= 0.3 is 13.8 Å². The number of esters is 1. The molecule has 0 amide bonds. The van der Waals surface area contributed by atoms with Gasteiger partial charge in [0.2, 0.25) is 0 Å². The molecule has 0 heterocycles. The van der Waals surface area contributed by atoms with Gasteiger partial charge in [-0.1, -0.05) is 129 Å². The van der Waals surface area contributed by atoms with Crippen LogP contribution in [-0.2, 0) is 27.9 Å². The minimum absolute atomic E-state index is 0.0938. The Morgan fingerprint density at radius 1 is 0.674 bits per heavy atom. The summed E-state index contributed by atoms with van der Waals surface area (Å²) in [4.78, 5) is 22.0. The van der Waals surface area contributed by atoms with Gasteiger partial charge in [0.15, 0.2) is 0 Å². The van der Waals surface area contributed by atoms with Crippen molar-refractivity contribution in [3.8, 4) is 0 Å². The fourth-order valence-corrected chi connectivity index (χ4v) is 5.58. The molecular formula is C34H68NO7P. The van der Waals surface area contributed by atoms with E-state index < -0.39 is 13.9 Å². The number of phosphoric ester groups is 1. The van der Waals surface area contributed by atoms with Gasteiger partial charge in [0.25, 0.3) is 0 Å². The van der Waals surface area contributed by atoms with Crippen molar-refractivity contribution in [2.24, 2.45) is 5.73 Å². The molecule has 256 valence electrons. The number of allylic oxidation sites excluding steroid dienone is 2. The molecule has 8 nitrogen and oxygen atoms in total. The van der Waals surface area contributed by atoms with Crippen molar-refractivity contribution in [1.29, 1.82) is 0 Å². The normalized spacial score (nSPS) is 13.9. The van der Waals surface area contributed by atoms with Crippen molar-refractivity contribution < 1.29 is 32.8 Å². The summed E-state index contributed by atoms with van der Waals surface area (Å²) in [6.45, 7) is 4.79. The highest BCUT2D eigenvalue weighted by molar-refractivity contribution is 7.47.